The fraction of sp³-hybridized carbons (Fsp3) is 0.282. The van der Waals surface area contributed by atoms with Crippen LogP contribution in [0.5, 0.6) is 0 Å². The first-order valence-electron chi connectivity index (χ1n) is 31.9. The van der Waals surface area contributed by atoms with Crippen LogP contribution in [0.2, 0.25) is 0 Å². The normalized spacial score (nSPS) is 17.3. The van der Waals surface area contributed by atoms with Gasteiger partial charge in [-0.15, -0.1) is 20.4 Å². The summed E-state index contributed by atoms with van der Waals surface area (Å²) in [6.07, 6.45) is 16.2. The molecular weight excluding hydrogens is 1220 g/mol. The predicted octanol–water partition coefficient (Wildman–Crippen LogP) is 8.46. The summed E-state index contributed by atoms with van der Waals surface area (Å²) in [5.74, 6) is -0.0179. The molecule has 25 nitrogen and oxygen atoms in total. The maximum absolute atomic E-state index is 13.2. The number of carbonyl (C=O) groups excluding carboxylic acids is 8. The second-order valence-corrected chi connectivity index (χ2v) is 23.8. The number of pyridine rings is 3. The molecule has 96 heavy (non-hydrogen) atoms. The number of hydrogen-bond donors (Lipinski definition) is 4. The first-order valence-corrected chi connectivity index (χ1v) is 31.9. The molecule has 0 unspecified atom stereocenters. The lowest BCUT2D eigenvalue weighted by Gasteiger charge is -2.24. The second kappa shape index (κ2) is 30.0. The Hall–Kier alpha value is -11.6. The molecule has 5 aromatic heterocycles. The van der Waals surface area contributed by atoms with Gasteiger partial charge in [0.05, 0.1) is 19.3 Å². The average molecular weight is 1290 g/mol. The molecule has 9 aromatic rings. The van der Waals surface area contributed by atoms with Crippen LogP contribution in [0.1, 0.15) is 75.0 Å². The van der Waals surface area contributed by atoms with E-state index in [0.29, 0.717) is 120 Å². The molecule has 0 radical (unpaired) electrons. The van der Waals surface area contributed by atoms with Gasteiger partial charge in [0.25, 0.3) is 0 Å². The van der Waals surface area contributed by atoms with Gasteiger partial charge in [0.1, 0.15) is 24.2 Å². The third-order valence-corrected chi connectivity index (χ3v) is 17.3. The van der Waals surface area contributed by atoms with Crippen molar-refractivity contribution < 1.29 is 47.2 Å². The Bertz CT molecular complexity index is 4090. The van der Waals surface area contributed by atoms with Crippen molar-refractivity contribution in [3.8, 4) is 45.8 Å². The SMILES string of the molecule is CC(=O)N1CCC[C@H]1C(=O)Nc1ccc(-c2nnc(-c3ccc(NC(=O)[C@@H]4CCCN4C(=O)Cc4cccnc4)cc3)o2)cc1.O=C(Nc1ccc(-c2nnc(-c3ccc(NC(=O)[C@@H]4CCCN4C(=O)Cc4cccnc4)cc3)o2)cc1)[C@@H]1CCCN1C(=O)Cc1cccnc1. The number of rotatable bonds is 18. The number of anilines is 4. The Morgan fingerprint density at radius 2 is 0.615 bits per heavy atom. The molecule has 13 rings (SSSR count). The van der Waals surface area contributed by atoms with Gasteiger partial charge in [0.15, 0.2) is 0 Å². The van der Waals surface area contributed by atoms with Crippen molar-refractivity contribution in [3.05, 3.63) is 187 Å². The minimum atomic E-state index is -0.531. The zero-order valence-corrected chi connectivity index (χ0v) is 52.6. The molecule has 0 saturated carbocycles. The number of likely N-dealkylation sites (tertiary alicyclic amines) is 4. The second-order valence-electron chi connectivity index (χ2n) is 23.8. The summed E-state index contributed by atoms with van der Waals surface area (Å²) in [6, 6.07) is 37.1. The lowest BCUT2D eigenvalue weighted by molar-refractivity contribution is -0.136. The molecule has 0 bridgehead atoms. The topological polar surface area (TPSA) is 314 Å². The number of nitrogens with one attached hydrogen (secondary N) is 4. The van der Waals surface area contributed by atoms with Gasteiger partial charge in [-0.25, -0.2) is 0 Å². The van der Waals surface area contributed by atoms with Gasteiger partial charge in [-0.1, -0.05) is 18.2 Å². The van der Waals surface area contributed by atoms with E-state index in [4.69, 9.17) is 8.83 Å². The third-order valence-electron chi connectivity index (χ3n) is 17.3. The highest BCUT2D eigenvalue weighted by molar-refractivity contribution is 6.00. The van der Waals surface area contributed by atoms with Crippen LogP contribution in [0.15, 0.2) is 179 Å². The van der Waals surface area contributed by atoms with E-state index < -0.39 is 24.2 Å². The summed E-state index contributed by atoms with van der Waals surface area (Å²) in [5.41, 5.74) is 7.52. The van der Waals surface area contributed by atoms with Gasteiger partial charge in [-0.2, -0.15) is 0 Å². The van der Waals surface area contributed by atoms with E-state index in [1.807, 2.05) is 18.2 Å². The molecule has 0 spiro atoms. The van der Waals surface area contributed by atoms with E-state index in [1.54, 1.807) is 172 Å². The van der Waals surface area contributed by atoms with Crippen LogP contribution >= 0.6 is 0 Å². The molecule has 0 aliphatic carbocycles. The number of amides is 8. The number of aromatic nitrogens is 7. The van der Waals surface area contributed by atoms with Crippen LogP contribution in [0.4, 0.5) is 22.7 Å². The van der Waals surface area contributed by atoms with Crippen LogP contribution < -0.4 is 21.3 Å². The monoisotopic (exact) mass is 1290 g/mol. The molecule has 8 amide bonds. The minimum absolute atomic E-state index is 0.0901. The Morgan fingerprint density at radius 3 is 0.854 bits per heavy atom. The van der Waals surface area contributed by atoms with E-state index in [2.05, 4.69) is 56.6 Å². The van der Waals surface area contributed by atoms with Crippen molar-refractivity contribution in [2.24, 2.45) is 0 Å². The fourth-order valence-electron chi connectivity index (χ4n) is 12.4. The number of nitrogens with zero attached hydrogens (tertiary/aromatic N) is 11. The van der Waals surface area contributed by atoms with Crippen molar-refractivity contribution in [2.45, 2.75) is 102 Å². The van der Waals surface area contributed by atoms with Gasteiger partial charge < -0.3 is 49.7 Å². The highest BCUT2D eigenvalue weighted by Crippen LogP contribution is 2.31. The maximum Gasteiger partial charge on any atom is 0.248 e. The van der Waals surface area contributed by atoms with Crippen LogP contribution in [-0.4, -0.2) is 153 Å². The molecular formula is C71H69N15O10. The van der Waals surface area contributed by atoms with Crippen LogP contribution in [-0.2, 0) is 57.6 Å². The van der Waals surface area contributed by atoms with Gasteiger partial charge in [-0.3, -0.25) is 53.3 Å². The van der Waals surface area contributed by atoms with Crippen LogP contribution in [0, 0.1) is 0 Å². The van der Waals surface area contributed by atoms with Crippen molar-refractivity contribution in [1.82, 2.24) is 54.9 Å². The largest absolute Gasteiger partial charge is 0.416 e. The summed E-state index contributed by atoms with van der Waals surface area (Å²) in [5, 5.41) is 28.4. The summed E-state index contributed by atoms with van der Waals surface area (Å²) in [7, 11) is 0. The molecule has 9 heterocycles. The number of carbonyl (C=O) groups is 8. The van der Waals surface area contributed by atoms with E-state index in [-0.39, 0.29) is 66.5 Å². The Labute approximate surface area is 552 Å². The molecule has 4 N–H and O–H groups in total. The Morgan fingerprint density at radius 1 is 0.365 bits per heavy atom. The van der Waals surface area contributed by atoms with Crippen molar-refractivity contribution in [2.75, 3.05) is 47.4 Å². The van der Waals surface area contributed by atoms with E-state index in [0.717, 1.165) is 42.4 Å². The number of hydrogen-bond acceptors (Lipinski definition) is 17. The molecule has 4 saturated heterocycles. The molecule has 4 aliphatic rings. The highest BCUT2D eigenvalue weighted by atomic mass is 16.4. The maximum atomic E-state index is 13.2. The Kier molecular flexibility index (Phi) is 20.1. The fourth-order valence-corrected chi connectivity index (χ4v) is 12.4. The average Bonchev–Trinajstić information content (AvgIpc) is 1.82. The Balaban J connectivity index is 0.000000185. The standard InChI is InChI=1S/C38H36N8O5.C33H33N7O5/c47-33(21-25-5-1-17-39-23-25)45-19-3-7-31(45)35(49)41-29-13-9-27(10-14-29)37-43-44-38(51-37)28-11-15-30(16-12-28)42-36(50)32-8-4-20-46(32)34(48)22-26-6-2-18-40-24-26;1-21(41)39-17-3-6-27(39)30(43)35-25-12-8-23(9-13-25)32-37-38-33(45-32)24-10-14-26(15-11-24)36-31(44)28-7-4-18-40(28)29(42)19-22-5-2-16-34-20-22/h1-2,5-6,9-18,23-24,31-32H,3-4,7-8,19-22H2,(H,41,49)(H,42,50);2,5,8-16,20,27-28H,3-4,6-7,17-19H2,1H3,(H,35,43)(H,36,44)/t31-,32-;27-,28-/m00/s1. The van der Waals surface area contributed by atoms with E-state index in [1.165, 1.54) is 6.92 Å². The third kappa shape index (κ3) is 15.7. The predicted molar refractivity (Wildman–Crippen MR) is 353 cm³/mol. The van der Waals surface area contributed by atoms with Gasteiger partial charge >= 0.3 is 0 Å². The number of benzene rings is 4. The lowest BCUT2D eigenvalue weighted by Crippen LogP contribution is -2.43. The van der Waals surface area contributed by atoms with Crippen LogP contribution in [0.25, 0.3) is 45.8 Å². The van der Waals surface area contributed by atoms with Crippen LogP contribution in [0.3, 0.4) is 0 Å². The van der Waals surface area contributed by atoms with E-state index in [9.17, 15) is 38.4 Å². The molecule has 4 aliphatic heterocycles. The summed E-state index contributed by atoms with van der Waals surface area (Å²) in [6.45, 7) is 3.71. The molecule has 4 atom stereocenters. The zero-order valence-electron chi connectivity index (χ0n) is 52.6. The quantitative estimate of drug-likeness (QED) is 0.0626. The minimum Gasteiger partial charge on any atom is -0.416 e. The van der Waals surface area contributed by atoms with Gasteiger partial charge in [0, 0.05) is 115 Å². The van der Waals surface area contributed by atoms with Gasteiger partial charge in [0.2, 0.25) is 70.8 Å². The molecule has 25 heteroatoms. The molecule has 488 valence electrons. The summed E-state index contributed by atoms with van der Waals surface area (Å²) < 4.78 is 11.8. The first-order chi connectivity index (χ1) is 46.8. The zero-order chi connectivity index (χ0) is 66.5. The smallest absolute Gasteiger partial charge is 0.248 e. The van der Waals surface area contributed by atoms with Crippen molar-refractivity contribution in [1.29, 1.82) is 0 Å². The van der Waals surface area contributed by atoms with Crippen molar-refractivity contribution in [3.63, 3.8) is 0 Å². The van der Waals surface area contributed by atoms with Gasteiger partial charge in [-0.05, 0) is 183 Å². The highest BCUT2D eigenvalue weighted by Gasteiger charge is 2.37. The molecule has 4 aromatic carbocycles. The van der Waals surface area contributed by atoms with E-state index >= 15 is 0 Å². The first kappa shape index (κ1) is 64.5. The lowest BCUT2D eigenvalue weighted by atomic mass is 10.1. The summed E-state index contributed by atoms with van der Waals surface area (Å²) in [4.78, 5) is 121. The molecule has 4 fully saturated rings. The van der Waals surface area contributed by atoms with Crippen molar-refractivity contribution >= 4 is 70.0 Å². The summed E-state index contributed by atoms with van der Waals surface area (Å²) >= 11 is 0.